The second-order valence-corrected chi connectivity index (χ2v) is 7.82. The Morgan fingerprint density at radius 3 is 2.64 bits per heavy atom. The van der Waals surface area contributed by atoms with Crippen LogP contribution in [-0.4, -0.2) is 48.2 Å². The zero-order chi connectivity index (χ0) is 20.9. The molecule has 28 heavy (non-hydrogen) atoms. The van der Waals surface area contributed by atoms with Gasteiger partial charge in [-0.15, -0.1) is 10.1 Å². The lowest BCUT2D eigenvalue weighted by Gasteiger charge is -2.12. The summed E-state index contributed by atoms with van der Waals surface area (Å²) in [5.41, 5.74) is 0.292. The van der Waals surface area contributed by atoms with Crippen LogP contribution in [0.25, 0.3) is 0 Å². The van der Waals surface area contributed by atoms with Gasteiger partial charge in [-0.25, -0.2) is 4.79 Å². The van der Waals surface area contributed by atoms with E-state index in [-0.39, 0.29) is 37.4 Å². The third kappa shape index (κ3) is 9.46. The molecule has 1 aromatic carbocycles. The molecule has 0 fully saturated rings. The van der Waals surface area contributed by atoms with Crippen molar-refractivity contribution in [3.63, 3.8) is 0 Å². The summed E-state index contributed by atoms with van der Waals surface area (Å²) in [5, 5.41) is 11.7. The highest BCUT2D eigenvalue weighted by Crippen LogP contribution is 2.25. The molecular weight excluding hydrogens is 412 g/mol. The van der Waals surface area contributed by atoms with Crippen LogP contribution in [0.1, 0.15) is 30.1 Å². The SMILES string of the molecule is CSSCCOC(=O)c1cc(NC(=O)CCCO[N+](=O)[O-])ccc1OC(C)=O. The predicted octanol–water partition coefficient (Wildman–Crippen LogP) is 2.71. The number of nitrogens with zero attached hydrogens (tertiary/aromatic N) is 1. The fourth-order valence-electron chi connectivity index (χ4n) is 1.94. The third-order valence-electron chi connectivity index (χ3n) is 3.00. The topological polar surface area (TPSA) is 134 Å². The highest BCUT2D eigenvalue weighted by Gasteiger charge is 2.17. The molecule has 0 saturated heterocycles. The number of esters is 2. The zero-order valence-corrected chi connectivity index (χ0v) is 16.9. The summed E-state index contributed by atoms with van der Waals surface area (Å²) >= 11 is 0. The smallest absolute Gasteiger partial charge is 0.342 e. The van der Waals surface area contributed by atoms with Crippen LogP contribution in [0, 0.1) is 10.1 Å². The maximum atomic E-state index is 12.3. The van der Waals surface area contributed by atoms with Gasteiger partial charge in [0.2, 0.25) is 5.91 Å². The van der Waals surface area contributed by atoms with E-state index in [2.05, 4.69) is 10.2 Å². The minimum atomic E-state index is -0.929. The molecule has 0 aromatic heterocycles. The lowest BCUT2D eigenvalue weighted by molar-refractivity contribution is -0.757. The molecule has 154 valence electrons. The Morgan fingerprint density at radius 2 is 2.00 bits per heavy atom. The molecule has 0 aliphatic carbocycles. The molecule has 0 bridgehead atoms. The Balaban J connectivity index is 2.76. The second kappa shape index (κ2) is 12.8. The standard InChI is InChI=1S/C16H20N2O8S2/c1-11(19)26-14-6-5-12(17-15(20)4-3-7-25-18(22)23)10-13(14)16(21)24-8-9-28-27-2/h5-6,10H,3-4,7-9H2,1-2H3,(H,17,20). The van der Waals surface area contributed by atoms with Crippen LogP contribution >= 0.6 is 21.6 Å². The number of rotatable bonds is 12. The number of carbonyl (C=O) groups is 3. The van der Waals surface area contributed by atoms with Crippen molar-refractivity contribution in [2.45, 2.75) is 19.8 Å². The fourth-order valence-corrected chi connectivity index (χ4v) is 2.96. The molecule has 0 saturated carbocycles. The average molecular weight is 432 g/mol. The Labute approximate surface area is 169 Å². The van der Waals surface area contributed by atoms with Crippen LogP contribution in [0.4, 0.5) is 5.69 Å². The highest BCUT2D eigenvalue weighted by atomic mass is 33.1. The van der Waals surface area contributed by atoms with Crippen LogP contribution < -0.4 is 10.1 Å². The molecule has 0 unspecified atom stereocenters. The van der Waals surface area contributed by atoms with Gasteiger partial charge in [0.1, 0.15) is 17.9 Å². The van der Waals surface area contributed by atoms with Crippen LogP contribution in [-0.2, 0) is 19.2 Å². The van der Waals surface area contributed by atoms with Crippen LogP contribution in [0.15, 0.2) is 18.2 Å². The van der Waals surface area contributed by atoms with Gasteiger partial charge in [-0.2, -0.15) is 0 Å². The van der Waals surface area contributed by atoms with E-state index >= 15 is 0 Å². The van der Waals surface area contributed by atoms with Crippen molar-refractivity contribution in [3.05, 3.63) is 33.9 Å². The molecular formula is C16H20N2O8S2. The van der Waals surface area contributed by atoms with Crippen molar-refractivity contribution in [2.24, 2.45) is 0 Å². The summed E-state index contributed by atoms with van der Waals surface area (Å²) < 4.78 is 10.2. The fraction of sp³-hybridized carbons (Fsp3) is 0.438. The van der Waals surface area contributed by atoms with Gasteiger partial charge in [0, 0.05) is 24.8 Å². The van der Waals surface area contributed by atoms with E-state index in [1.54, 1.807) is 10.8 Å². The normalized spacial score (nSPS) is 10.1. The molecule has 0 aliphatic heterocycles. The van der Waals surface area contributed by atoms with Gasteiger partial charge in [-0.05, 0) is 30.9 Å². The predicted molar refractivity (Wildman–Crippen MR) is 105 cm³/mol. The quantitative estimate of drug-likeness (QED) is 0.131. The summed E-state index contributed by atoms with van der Waals surface area (Å²) in [5.74, 6) is -1.09. The molecule has 1 aromatic rings. The van der Waals surface area contributed by atoms with E-state index < -0.39 is 22.9 Å². The first-order chi connectivity index (χ1) is 13.3. The number of hydrogen-bond donors (Lipinski definition) is 1. The van der Waals surface area contributed by atoms with Crippen LogP contribution in [0.2, 0.25) is 0 Å². The molecule has 0 heterocycles. The lowest BCUT2D eigenvalue weighted by Crippen LogP contribution is -2.15. The molecule has 0 atom stereocenters. The minimum absolute atomic E-state index is 0.00108. The summed E-state index contributed by atoms with van der Waals surface area (Å²) in [6, 6.07) is 4.18. The summed E-state index contributed by atoms with van der Waals surface area (Å²) in [6.45, 7) is 1.18. The van der Waals surface area contributed by atoms with Crippen molar-refractivity contribution in [1.29, 1.82) is 0 Å². The van der Waals surface area contributed by atoms with E-state index in [1.165, 1.54) is 35.9 Å². The van der Waals surface area contributed by atoms with E-state index in [9.17, 15) is 24.5 Å². The number of anilines is 1. The van der Waals surface area contributed by atoms with Gasteiger partial charge in [0.15, 0.2) is 0 Å². The molecule has 0 aliphatic rings. The van der Waals surface area contributed by atoms with Crippen LogP contribution in [0.5, 0.6) is 5.75 Å². The lowest BCUT2D eigenvalue weighted by atomic mass is 10.1. The van der Waals surface area contributed by atoms with Crippen molar-refractivity contribution >= 4 is 45.1 Å². The molecule has 0 spiro atoms. The van der Waals surface area contributed by atoms with Gasteiger partial charge in [-0.3, -0.25) is 9.59 Å². The maximum absolute atomic E-state index is 12.3. The molecule has 1 rings (SSSR count). The average Bonchev–Trinajstić information content (AvgIpc) is 2.63. The molecule has 0 radical (unpaired) electrons. The van der Waals surface area contributed by atoms with Gasteiger partial charge in [0.25, 0.3) is 5.09 Å². The summed E-state index contributed by atoms with van der Waals surface area (Å²) in [6.07, 6.45) is 2.05. The molecule has 12 heteroatoms. The number of hydrogen-bond acceptors (Lipinski definition) is 10. The van der Waals surface area contributed by atoms with E-state index in [1.807, 2.05) is 6.26 Å². The molecule has 1 amide bonds. The highest BCUT2D eigenvalue weighted by molar-refractivity contribution is 8.76. The van der Waals surface area contributed by atoms with Crippen molar-refractivity contribution < 1.29 is 33.8 Å². The largest absolute Gasteiger partial charge is 0.461 e. The summed E-state index contributed by atoms with van der Waals surface area (Å²) in [4.78, 5) is 49.6. The second-order valence-electron chi connectivity index (χ2n) is 5.14. The summed E-state index contributed by atoms with van der Waals surface area (Å²) in [7, 11) is 3.07. The zero-order valence-electron chi connectivity index (χ0n) is 15.3. The maximum Gasteiger partial charge on any atom is 0.342 e. The van der Waals surface area contributed by atoms with E-state index in [0.717, 1.165) is 0 Å². The Kier molecular flexibility index (Phi) is 10.8. The third-order valence-corrected chi connectivity index (χ3v) is 4.78. The monoisotopic (exact) mass is 432 g/mol. The number of amides is 1. The Bertz CT molecular complexity index is 714. The first-order valence-corrected chi connectivity index (χ1v) is 10.8. The van der Waals surface area contributed by atoms with Crippen LogP contribution in [0.3, 0.4) is 0 Å². The molecule has 1 N–H and O–H groups in total. The van der Waals surface area contributed by atoms with Crippen molar-refractivity contribution in [1.82, 2.24) is 0 Å². The Hall–Kier alpha value is -2.47. The number of benzene rings is 1. The Morgan fingerprint density at radius 1 is 1.25 bits per heavy atom. The van der Waals surface area contributed by atoms with Gasteiger partial charge in [-0.1, -0.05) is 21.6 Å². The van der Waals surface area contributed by atoms with Gasteiger partial charge < -0.3 is 19.6 Å². The number of carbonyl (C=O) groups excluding carboxylic acids is 3. The van der Waals surface area contributed by atoms with Crippen molar-refractivity contribution in [2.75, 3.05) is 30.5 Å². The van der Waals surface area contributed by atoms with Gasteiger partial charge >= 0.3 is 11.9 Å². The first-order valence-electron chi connectivity index (χ1n) is 8.05. The first kappa shape index (κ1) is 23.6. The number of ether oxygens (including phenoxy) is 2. The molecule has 10 nitrogen and oxygen atoms in total. The number of nitrogens with one attached hydrogen (secondary N) is 1. The van der Waals surface area contributed by atoms with E-state index in [0.29, 0.717) is 11.4 Å². The van der Waals surface area contributed by atoms with E-state index in [4.69, 9.17) is 9.47 Å². The van der Waals surface area contributed by atoms with Crippen molar-refractivity contribution in [3.8, 4) is 5.75 Å². The van der Waals surface area contributed by atoms with Gasteiger partial charge in [0.05, 0.1) is 6.61 Å². The minimum Gasteiger partial charge on any atom is -0.461 e.